The van der Waals surface area contributed by atoms with Gasteiger partial charge in [0, 0.05) is 49.6 Å². The van der Waals surface area contributed by atoms with Crippen LogP contribution in [0.1, 0.15) is 0 Å². The first-order valence-electron chi connectivity index (χ1n) is 9.05. The zero-order chi connectivity index (χ0) is 20.4. The summed E-state index contributed by atoms with van der Waals surface area (Å²) in [4.78, 5) is 15.0. The van der Waals surface area contributed by atoms with Crippen LogP contribution in [0.15, 0.2) is 52.9 Å². The molecule has 29 heavy (non-hydrogen) atoms. The van der Waals surface area contributed by atoms with E-state index in [0.29, 0.717) is 18.1 Å². The second-order valence-corrected chi connectivity index (χ2v) is 7.05. The van der Waals surface area contributed by atoms with E-state index in [2.05, 4.69) is 14.9 Å². The quantitative estimate of drug-likeness (QED) is 0.357. The number of aromatic nitrogens is 2. The molecule has 4 rings (SSSR count). The Hall–Kier alpha value is -3.11. The van der Waals surface area contributed by atoms with Gasteiger partial charge in [0.25, 0.3) is 10.5 Å². The van der Waals surface area contributed by atoms with Crippen molar-refractivity contribution in [3.05, 3.63) is 69.3 Å². The molecule has 2 heterocycles. The SMILES string of the molecule is O=[N+]([O-])c1ccc(N2CCN(Cn3nc(-c4ccc(F)cc4)oc3=S)CC2)cc1. The number of non-ortho nitro benzene ring substituents is 1. The molecule has 1 fully saturated rings. The third kappa shape index (κ3) is 4.33. The first kappa shape index (κ1) is 19.2. The molecule has 0 spiro atoms. The first-order chi connectivity index (χ1) is 14.0. The maximum Gasteiger partial charge on any atom is 0.288 e. The Labute approximate surface area is 170 Å². The van der Waals surface area contributed by atoms with Crippen LogP contribution in [0.3, 0.4) is 0 Å². The molecule has 8 nitrogen and oxygen atoms in total. The summed E-state index contributed by atoms with van der Waals surface area (Å²) in [6.07, 6.45) is 0. The van der Waals surface area contributed by atoms with Gasteiger partial charge in [0.15, 0.2) is 0 Å². The summed E-state index contributed by atoms with van der Waals surface area (Å²) >= 11 is 5.27. The largest absolute Gasteiger partial charge is 0.409 e. The number of rotatable bonds is 5. The molecule has 0 radical (unpaired) electrons. The number of halogens is 1. The minimum atomic E-state index is -0.399. The monoisotopic (exact) mass is 415 g/mol. The van der Waals surface area contributed by atoms with Crippen LogP contribution >= 0.6 is 12.2 Å². The van der Waals surface area contributed by atoms with E-state index in [9.17, 15) is 14.5 Å². The van der Waals surface area contributed by atoms with Crippen LogP contribution in [-0.2, 0) is 6.67 Å². The third-order valence-corrected chi connectivity index (χ3v) is 5.12. The maximum absolute atomic E-state index is 13.1. The topological polar surface area (TPSA) is 80.6 Å². The third-order valence-electron chi connectivity index (χ3n) is 4.83. The zero-order valence-electron chi connectivity index (χ0n) is 15.4. The molecule has 0 aliphatic carbocycles. The van der Waals surface area contributed by atoms with Crippen molar-refractivity contribution in [2.24, 2.45) is 0 Å². The highest BCUT2D eigenvalue weighted by atomic mass is 32.1. The first-order valence-corrected chi connectivity index (χ1v) is 9.46. The standard InChI is InChI=1S/C19H18FN5O3S/c20-15-3-1-14(2-4-15)18-21-24(19(29)28-18)13-22-9-11-23(12-10-22)16-5-7-17(8-6-16)25(26)27/h1-8H,9-13H2. The Morgan fingerprint density at radius 1 is 1.07 bits per heavy atom. The highest BCUT2D eigenvalue weighted by molar-refractivity contribution is 7.71. The Balaban J connectivity index is 1.38. The van der Waals surface area contributed by atoms with E-state index >= 15 is 0 Å². The van der Waals surface area contributed by atoms with Crippen LogP contribution in [0.5, 0.6) is 0 Å². The molecule has 0 saturated carbocycles. The number of hydrogen-bond donors (Lipinski definition) is 0. The predicted octanol–water partition coefficient (Wildman–Crippen LogP) is 3.70. The number of nitro groups is 1. The fourth-order valence-electron chi connectivity index (χ4n) is 3.23. The van der Waals surface area contributed by atoms with Crippen molar-refractivity contribution in [3.63, 3.8) is 0 Å². The number of hydrogen-bond acceptors (Lipinski definition) is 7. The molecule has 0 unspecified atom stereocenters. The smallest absolute Gasteiger partial charge is 0.288 e. The van der Waals surface area contributed by atoms with E-state index in [-0.39, 0.29) is 16.3 Å². The average Bonchev–Trinajstić information content (AvgIpc) is 3.09. The second kappa shape index (κ2) is 8.10. The van der Waals surface area contributed by atoms with Gasteiger partial charge in [-0.1, -0.05) is 0 Å². The molecular weight excluding hydrogens is 397 g/mol. The van der Waals surface area contributed by atoms with Gasteiger partial charge in [0.2, 0.25) is 5.89 Å². The molecule has 1 saturated heterocycles. The van der Waals surface area contributed by atoms with Crippen molar-refractivity contribution in [2.45, 2.75) is 6.67 Å². The zero-order valence-corrected chi connectivity index (χ0v) is 16.2. The lowest BCUT2D eigenvalue weighted by Gasteiger charge is -2.35. The average molecular weight is 415 g/mol. The molecule has 0 bridgehead atoms. The summed E-state index contributed by atoms with van der Waals surface area (Å²) in [6, 6.07) is 12.5. The Morgan fingerprint density at radius 2 is 1.72 bits per heavy atom. The highest BCUT2D eigenvalue weighted by Gasteiger charge is 2.19. The van der Waals surface area contributed by atoms with Crippen LogP contribution in [-0.4, -0.2) is 45.8 Å². The summed E-state index contributed by atoms with van der Waals surface area (Å²) in [5.74, 6) is 0.0391. The van der Waals surface area contributed by atoms with Gasteiger partial charge in [-0.2, -0.15) is 0 Å². The Kier molecular flexibility index (Phi) is 5.36. The number of piperazine rings is 1. The second-order valence-electron chi connectivity index (χ2n) is 6.70. The maximum atomic E-state index is 13.1. The van der Waals surface area contributed by atoms with Crippen molar-refractivity contribution in [1.82, 2.24) is 14.7 Å². The minimum absolute atomic E-state index is 0.0877. The fourth-order valence-corrected chi connectivity index (χ4v) is 3.40. The number of nitro benzene ring substituents is 1. The van der Waals surface area contributed by atoms with Crippen LogP contribution in [0.4, 0.5) is 15.8 Å². The lowest BCUT2D eigenvalue weighted by molar-refractivity contribution is -0.384. The minimum Gasteiger partial charge on any atom is -0.409 e. The van der Waals surface area contributed by atoms with Crippen molar-refractivity contribution in [3.8, 4) is 11.5 Å². The summed E-state index contributed by atoms with van der Waals surface area (Å²) < 4.78 is 20.3. The highest BCUT2D eigenvalue weighted by Crippen LogP contribution is 2.21. The molecule has 10 heteroatoms. The molecule has 150 valence electrons. The molecule has 1 aliphatic heterocycles. The van der Waals surface area contributed by atoms with Gasteiger partial charge >= 0.3 is 0 Å². The Bertz CT molecular complexity index is 1060. The number of anilines is 1. The van der Waals surface area contributed by atoms with E-state index in [1.807, 2.05) is 0 Å². The van der Waals surface area contributed by atoms with Gasteiger partial charge in [-0.3, -0.25) is 15.0 Å². The van der Waals surface area contributed by atoms with Crippen molar-refractivity contribution in [2.75, 3.05) is 31.1 Å². The molecule has 0 atom stereocenters. The molecule has 2 aromatic carbocycles. The predicted molar refractivity (Wildman–Crippen MR) is 108 cm³/mol. The van der Waals surface area contributed by atoms with E-state index < -0.39 is 4.92 Å². The summed E-state index contributed by atoms with van der Waals surface area (Å²) in [7, 11) is 0. The molecular formula is C19H18FN5O3S. The van der Waals surface area contributed by atoms with E-state index in [1.54, 1.807) is 28.9 Å². The fraction of sp³-hybridized carbons (Fsp3) is 0.263. The lowest BCUT2D eigenvalue weighted by atomic mass is 10.2. The van der Waals surface area contributed by atoms with Gasteiger partial charge < -0.3 is 9.32 Å². The van der Waals surface area contributed by atoms with Crippen LogP contribution in [0.25, 0.3) is 11.5 Å². The van der Waals surface area contributed by atoms with E-state index in [0.717, 1.165) is 31.9 Å². The van der Waals surface area contributed by atoms with Crippen molar-refractivity contribution >= 4 is 23.6 Å². The molecule has 0 N–H and O–H groups in total. The summed E-state index contributed by atoms with van der Waals surface area (Å²) in [6.45, 7) is 3.65. The summed E-state index contributed by atoms with van der Waals surface area (Å²) in [5.41, 5.74) is 1.72. The van der Waals surface area contributed by atoms with Gasteiger partial charge in [-0.25, -0.2) is 9.07 Å². The van der Waals surface area contributed by atoms with E-state index in [4.69, 9.17) is 16.6 Å². The lowest BCUT2D eigenvalue weighted by Crippen LogP contribution is -2.46. The van der Waals surface area contributed by atoms with E-state index in [1.165, 1.54) is 24.3 Å². The summed E-state index contributed by atoms with van der Waals surface area (Å²) in [5, 5.41) is 15.2. The molecule has 0 amide bonds. The van der Waals surface area contributed by atoms with Gasteiger partial charge in [0.1, 0.15) is 5.82 Å². The van der Waals surface area contributed by atoms with Crippen LogP contribution in [0, 0.1) is 20.8 Å². The van der Waals surface area contributed by atoms with Crippen molar-refractivity contribution in [1.29, 1.82) is 0 Å². The van der Waals surface area contributed by atoms with Crippen molar-refractivity contribution < 1.29 is 13.7 Å². The number of nitrogens with zero attached hydrogens (tertiary/aromatic N) is 5. The number of benzene rings is 2. The van der Waals surface area contributed by atoms with Crippen LogP contribution < -0.4 is 4.90 Å². The molecule has 1 aliphatic rings. The molecule has 3 aromatic rings. The van der Waals surface area contributed by atoms with Gasteiger partial charge in [-0.15, -0.1) is 5.10 Å². The normalized spacial score (nSPS) is 14.9. The van der Waals surface area contributed by atoms with Crippen LogP contribution in [0.2, 0.25) is 0 Å². The van der Waals surface area contributed by atoms with Gasteiger partial charge in [-0.05, 0) is 48.6 Å². The molecule has 1 aromatic heterocycles. The van der Waals surface area contributed by atoms with Gasteiger partial charge in [0.05, 0.1) is 11.6 Å². The Morgan fingerprint density at radius 3 is 2.34 bits per heavy atom.